The van der Waals surface area contributed by atoms with Gasteiger partial charge in [0.05, 0.1) is 20.3 Å². The highest BCUT2D eigenvalue weighted by Crippen LogP contribution is 2.30. The van der Waals surface area contributed by atoms with Gasteiger partial charge in [0.15, 0.2) is 17.5 Å². The summed E-state index contributed by atoms with van der Waals surface area (Å²) in [5, 5.41) is 6.58. The molecule has 0 aromatic heterocycles. The van der Waals surface area contributed by atoms with Crippen LogP contribution in [0.4, 0.5) is 5.69 Å². The number of guanidine groups is 1. The van der Waals surface area contributed by atoms with Crippen molar-refractivity contribution in [2.45, 2.75) is 20.1 Å². The molecule has 2 N–H and O–H groups in total. The Morgan fingerprint density at radius 2 is 1.85 bits per heavy atom. The predicted octanol–water partition coefficient (Wildman–Crippen LogP) is 3.43. The second-order valence-electron chi connectivity index (χ2n) is 5.60. The SMILES string of the molecule is CCOc1cc(NC(=NC)NCc2cccc(COC)c2)ccc1OC. The molecule has 0 heterocycles. The van der Waals surface area contributed by atoms with Crippen LogP contribution in [0.2, 0.25) is 0 Å². The van der Waals surface area contributed by atoms with Crippen molar-refractivity contribution < 1.29 is 14.2 Å². The van der Waals surface area contributed by atoms with Gasteiger partial charge >= 0.3 is 0 Å². The number of ether oxygens (including phenoxy) is 3. The van der Waals surface area contributed by atoms with Crippen molar-refractivity contribution in [2.24, 2.45) is 4.99 Å². The number of nitrogens with zero attached hydrogens (tertiary/aromatic N) is 1. The van der Waals surface area contributed by atoms with E-state index in [1.165, 1.54) is 0 Å². The van der Waals surface area contributed by atoms with E-state index >= 15 is 0 Å². The van der Waals surface area contributed by atoms with E-state index in [1.54, 1.807) is 21.3 Å². The van der Waals surface area contributed by atoms with Crippen LogP contribution in [0.25, 0.3) is 0 Å². The third kappa shape index (κ3) is 5.67. The largest absolute Gasteiger partial charge is 0.493 e. The van der Waals surface area contributed by atoms with Crippen LogP contribution in [0.5, 0.6) is 11.5 Å². The molecular weight excluding hydrogens is 330 g/mol. The number of benzene rings is 2. The van der Waals surface area contributed by atoms with Crippen molar-refractivity contribution in [1.82, 2.24) is 5.32 Å². The average molecular weight is 357 g/mol. The second-order valence-corrected chi connectivity index (χ2v) is 5.60. The van der Waals surface area contributed by atoms with Crippen molar-refractivity contribution in [1.29, 1.82) is 0 Å². The molecule has 0 fully saturated rings. The molecule has 0 spiro atoms. The van der Waals surface area contributed by atoms with Gasteiger partial charge in [-0.05, 0) is 30.2 Å². The fraction of sp³-hybridized carbons (Fsp3) is 0.350. The Bertz CT molecular complexity index is 732. The number of anilines is 1. The first-order chi connectivity index (χ1) is 12.7. The summed E-state index contributed by atoms with van der Waals surface area (Å²) in [4.78, 5) is 4.27. The molecule has 0 unspecified atom stereocenters. The maximum atomic E-state index is 5.61. The molecule has 0 radical (unpaired) electrons. The van der Waals surface area contributed by atoms with Crippen molar-refractivity contribution in [3.8, 4) is 11.5 Å². The standard InChI is InChI=1S/C20H27N3O3/c1-5-26-19-12-17(9-10-18(19)25-4)23-20(21-2)22-13-15-7-6-8-16(11-15)14-24-3/h6-12H,5,13-14H2,1-4H3,(H2,21,22,23). The molecule has 6 nitrogen and oxygen atoms in total. The van der Waals surface area contributed by atoms with E-state index in [-0.39, 0.29) is 0 Å². The topological polar surface area (TPSA) is 64.1 Å². The lowest BCUT2D eigenvalue weighted by Gasteiger charge is -2.15. The highest BCUT2D eigenvalue weighted by atomic mass is 16.5. The third-order valence-electron chi connectivity index (χ3n) is 3.71. The number of rotatable bonds is 8. The molecule has 0 saturated heterocycles. The summed E-state index contributed by atoms with van der Waals surface area (Å²) in [6.45, 7) is 3.78. The molecule has 0 aliphatic carbocycles. The fourth-order valence-electron chi connectivity index (χ4n) is 2.52. The Morgan fingerprint density at radius 3 is 2.54 bits per heavy atom. The monoisotopic (exact) mass is 357 g/mol. The summed E-state index contributed by atoms with van der Waals surface area (Å²) in [6.07, 6.45) is 0. The first-order valence-corrected chi connectivity index (χ1v) is 8.55. The third-order valence-corrected chi connectivity index (χ3v) is 3.71. The molecule has 140 valence electrons. The van der Waals surface area contributed by atoms with Crippen molar-refractivity contribution in [3.63, 3.8) is 0 Å². The number of nitrogens with one attached hydrogen (secondary N) is 2. The minimum absolute atomic E-state index is 0.574. The number of hydrogen-bond acceptors (Lipinski definition) is 4. The fourth-order valence-corrected chi connectivity index (χ4v) is 2.52. The van der Waals surface area contributed by atoms with Gasteiger partial charge in [-0.15, -0.1) is 0 Å². The molecule has 26 heavy (non-hydrogen) atoms. The second kappa shape index (κ2) is 10.3. The van der Waals surface area contributed by atoms with Crippen LogP contribution >= 0.6 is 0 Å². The molecule has 2 aromatic rings. The van der Waals surface area contributed by atoms with Crippen LogP contribution in [-0.4, -0.2) is 33.8 Å². The molecule has 0 saturated carbocycles. The molecule has 0 aliphatic rings. The van der Waals surface area contributed by atoms with Gasteiger partial charge < -0.3 is 24.8 Å². The Morgan fingerprint density at radius 1 is 1.04 bits per heavy atom. The van der Waals surface area contributed by atoms with E-state index in [0.29, 0.717) is 37.2 Å². The zero-order valence-electron chi connectivity index (χ0n) is 15.8. The van der Waals surface area contributed by atoms with Crippen molar-refractivity contribution >= 4 is 11.6 Å². The minimum atomic E-state index is 0.574. The molecule has 0 bridgehead atoms. The zero-order valence-corrected chi connectivity index (χ0v) is 15.8. The average Bonchev–Trinajstić information content (AvgIpc) is 2.66. The maximum absolute atomic E-state index is 5.61. The summed E-state index contributed by atoms with van der Waals surface area (Å²) in [7, 11) is 5.06. The van der Waals surface area contributed by atoms with Gasteiger partial charge in [-0.1, -0.05) is 24.3 Å². The molecule has 2 aromatic carbocycles. The molecule has 6 heteroatoms. The highest BCUT2D eigenvalue weighted by molar-refractivity contribution is 5.93. The Labute approximate surface area is 155 Å². The summed E-state index contributed by atoms with van der Waals surface area (Å²) >= 11 is 0. The lowest BCUT2D eigenvalue weighted by atomic mass is 10.1. The first kappa shape index (κ1) is 19.6. The van der Waals surface area contributed by atoms with Crippen LogP contribution in [-0.2, 0) is 17.9 Å². The van der Waals surface area contributed by atoms with Crippen LogP contribution in [0.15, 0.2) is 47.5 Å². The van der Waals surface area contributed by atoms with E-state index in [2.05, 4.69) is 27.8 Å². The highest BCUT2D eigenvalue weighted by Gasteiger charge is 2.07. The van der Waals surface area contributed by atoms with Gasteiger partial charge in [-0.2, -0.15) is 0 Å². The summed E-state index contributed by atoms with van der Waals surface area (Å²) < 4.78 is 16.1. The van der Waals surface area contributed by atoms with Crippen LogP contribution in [0, 0.1) is 0 Å². The molecule has 2 rings (SSSR count). The zero-order chi connectivity index (χ0) is 18.8. The van der Waals surface area contributed by atoms with Gasteiger partial charge in [-0.3, -0.25) is 4.99 Å². The summed E-state index contributed by atoms with van der Waals surface area (Å²) in [5.74, 6) is 2.08. The molecule has 0 amide bonds. The van der Waals surface area contributed by atoms with E-state index in [9.17, 15) is 0 Å². The summed E-state index contributed by atoms with van der Waals surface area (Å²) in [5.41, 5.74) is 3.17. The molecular formula is C20H27N3O3. The Balaban J connectivity index is 2.01. The Hall–Kier alpha value is -2.73. The van der Waals surface area contributed by atoms with Crippen LogP contribution in [0.1, 0.15) is 18.1 Å². The van der Waals surface area contributed by atoms with E-state index in [0.717, 1.165) is 16.8 Å². The van der Waals surface area contributed by atoms with Crippen LogP contribution < -0.4 is 20.1 Å². The van der Waals surface area contributed by atoms with Gasteiger partial charge in [-0.25, -0.2) is 0 Å². The molecule has 0 atom stereocenters. The van der Waals surface area contributed by atoms with Crippen molar-refractivity contribution in [3.05, 3.63) is 53.6 Å². The maximum Gasteiger partial charge on any atom is 0.195 e. The van der Waals surface area contributed by atoms with Gasteiger partial charge in [0, 0.05) is 32.5 Å². The molecule has 0 aliphatic heterocycles. The van der Waals surface area contributed by atoms with Gasteiger partial charge in [0.1, 0.15) is 0 Å². The van der Waals surface area contributed by atoms with E-state index in [4.69, 9.17) is 14.2 Å². The van der Waals surface area contributed by atoms with Gasteiger partial charge in [0.25, 0.3) is 0 Å². The smallest absolute Gasteiger partial charge is 0.195 e. The van der Waals surface area contributed by atoms with Crippen LogP contribution in [0.3, 0.4) is 0 Å². The van der Waals surface area contributed by atoms with Crippen molar-refractivity contribution in [2.75, 3.05) is 33.2 Å². The summed E-state index contributed by atoms with van der Waals surface area (Å²) in [6, 6.07) is 14.0. The normalized spacial score (nSPS) is 11.2. The predicted molar refractivity (Wildman–Crippen MR) is 105 cm³/mol. The quantitative estimate of drug-likeness (QED) is 0.560. The Kier molecular flexibility index (Phi) is 7.76. The van der Waals surface area contributed by atoms with Gasteiger partial charge in [0.2, 0.25) is 0 Å². The van der Waals surface area contributed by atoms with E-state index in [1.807, 2.05) is 37.3 Å². The van der Waals surface area contributed by atoms with E-state index < -0.39 is 0 Å². The number of methoxy groups -OCH3 is 2. The lowest BCUT2D eigenvalue weighted by molar-refractivity contribution is 0.185. The lowest BCUT2D eigenvalue weighted by Crippen LogP contribution is -2.30. The first-order valence-electron chi connectivity index (χ1n) is 8.55. The minimum Gasteiger partial charge on any atom is -0.493 e. The number of hydrogen-bond donors (Lipinski definition) is 2. The number of aliphatic imine (C=N–C) groups is 1.